The van der Waals surface area contributed by atoms with E-state index in [0.717, 1.165) is 17.5 Å². The van der Waals surface area contributed by atoms with Crippen LogP contribution < -0.4 is 0 Å². The van der Waals surface area contributed by atoms with Crippen LogP contribution in [0.15, 0.2) is 42.5 Å². The van der Waals surface area contributed by atoms with Crippen molar-refractivity contribution in [1.82, 2.24) is 0 Å². The van der Waals surface area contributed by atoms with Crippen LogP contribution in [0.1, 0.15) is 29.2 Å². The van der Waals surface area contributed by atoms with Gasteiger partial charge in [0.25, 0.3) is 0 Å². The molecule has 0 amide bonds. The van der Waals surface area contributed by atoms with Gasteiger partial charge in [-0.15, -0.1) is 0 Å². The summed E-state index contributed by atoms with van der Waals surface area (Å²) in [7, 11) is -4.27. The van der Waals surface area contributed by atoms with Gasteiger partial charge in [0.05, 0.1) is 6.16 Å². The molecule has 2 N–H and O–H groups in total. The van der Waals surface area contributed by atoms with Crippen LogP contribution >= 0.6 is 7.60 Å². The lowest BCUT2D eigenvalue weighted by Crippen LogP contribution is -1.96. The quantitative estimate of drug-likeness (QED) is 0.829. The molecule has 0 radical (unpaired) electrons. The van der Waals surface area contributed by atoms with E-state index in [4.69, 9.17) is 9.79 Å². The Hall–Kier alpha value is -1.48. The molecular weight excluding hydrogens is 290 g/mol. The SMILES string of the molecule is CCc1ccc(Cc2ccc(F)c(CP(=O)(O)O)c2)cc1. The Morgan fingerprint density at radius 3 is 2.14 bits per heavy atom. The molecule has 0 aromatic heterocycles. The Labute approximate surface area is 123 Å². The highest BCUT2D eigenvalue weighted by molar-refractivity contribution is 7.50. The summed E-state index contributed by atoms with van der Waals surface area (Å²) < 4.78 is 24.6. The van der Waals surface area contributed by atoms with Crippen molar-refractivity contribution < 1.29 is 18.7 Å². The fourth-order valence-corrected chi connectivity index (χ4v) is 2.90. The summed E-state index contributed by atoms with van der Waals surface area (Å²) in [5, 5.41) is 0. The van der Waals surface area contributed by atoms with Crippen LogP contribution in [0.5, 0.6) is 0 Å². The van der Waals surface area contributed by atoms with Crippen LogP contribution in [0.4, 0.5) is 4.39 Å². The first-order chi connectivity index (χ1) is 9.87. The third kappa shape index (κ3) is 4.78. The number of benzene rings is 2. The third-order valence-corrected chi connectivity index (χ3v) is 4.08. The summed E-state index contributed by atoms with van der Waals surface area (Å²) in [4.78, 5) is 18.0. The second kappa shape index (κ2) is 6.52. The summed E-state index contributed by atoms with van der Waals surface area (Å²) in [6.07, 6.45) is 1.02. The normalized spacial score (nSPS) is 11.6. The first-order valence-corrected chi connectivity index (χ1v) is 8.57. The molecule has 2 aromatic carbocycles. The van der Waals surface area contributed by atoms with E-state index in [2.05, 4.69) is 19.1 Å². The average Bonchev–Trinajstić information content (AvgIpc) is 2.42. The molecule has 0 aliphatic carbocycles. The Morgan fingerprint density at radius 1 is 1.00 bits per heavy atom. The van der Waals surface area contributed by atoms with Crippen molar-refractivity contribution in [2.45, 2.75) is 25.9 Å². The lowest BCUT2D eigenvalue weighted by Gasteiger charge is -2.09. The minimum Gasteiger partial charge on any atom is -0.324 e. The zero-order valence-corrected chi connectivity index (χ0v) is 12.7. The topological polar surface area (TPSA) is 57.5 Å². The van der Waals surface area contributed by atoms with Gasteiger partial charge in [0.2, 0.25) is 0 Å². The zero-order valence-electron chi connectivity index (χ0n) is 11.8. The van der Waals surface area contributed by atoms with E-state index >= 15 is 0 Å². The highest BCUT2D eigenvalue weighted by Crippen LogP contribution is 2.39. The molecule has 0 saturated heterocycles. The maximum Gasteiger partial charge on any atom is 0.330 e. The first-order valence-electron chi connectivity index (χ1n) is 6.77. The fourth-order valence-electron chi connectivity index (χ4n) is 2.21. The number of halogens is 1. The van der Waals surface area contributed by atoms with Gasteiger partial charge in [-0.05, 0) is 35.6 Å². The number of rotatable bonds is 5. The average molecular weight is 308 g/mol. The molecule has 0 heterocycles. The second-order valence-electron chi connectivity index (χ2n) is 5.10. The number of hydrogen-bond acceptors (Lipinski definition) is 1. The summed E-state index contributed by atoms with van der Waals surface area (Å²) in [6, 6.07) is 12.6. The molecule has 0 aliphatic heterocycles. The molecule has 3 nitrogen and oxygen atoms in total. The van der Waals surface area contributed by atoms with E-state index in [1.54, 1.807) is 6.07 Å². The summed E-state index contributed by atoms with van der Waals surface area (Å²) in [6.45, 7) is 2.09. The van der Waals surface area contributed by atoms with Gasteiger partial charge in [-0.2, -0.15) is 0 Å². The Bertz CT molecular complexity index is 662. The van der Waals surface area contributed by atoms with E-state index in [-0.39, 0.29) is 5.56 Å². The van der Waals surface area contributed by atoms with Crippen LogP contribution in [0.3, 0.4) is 0 Å². The lowest BCUT2D eigenvalue weighted by atomic mass is 10.0. The predicted octanol–water partition coefficient (Wildman–Crippen LogP) is 3.66. The standard InChI is InChI=1S/C16H18FO3P/c1-2-12-3-5-13(6-4-12)9-14-7-8-16(17)15(10-14)11-21(18,19)20/h3-8,10H,2,9,11H2,1H3,(H2,18,19,20). The van der Waals surface area contributed by atoms with Gasteiger partial charge >= 0.3 is 7.60 Å². The van der Waals surface area contributed by atoms with Gasteiger partial charge in [0, 0.05) is 5.56 Å². The van der Waals surface area contributed by atoms with Gasteiger partial charge in [-0.25, -0.2) is 4.39 Å². The summed E-state index contributed by atoms with van der Waals surface area (Å²) in [5.74, 6) is -0.580. The van der Waals surface area contributed by atoms with Gasteiger partial charge in [0.1, 0.15) is 5.82 Å². The van der Waals surface area contributed by atoms with Gasteiger partial charge < -0.3 is 9.79 Å². The van der Waals surface area contributed by atoms with Crippen molar-refractivity contribution in [2.75, 3.05) is 0 Å². The van der Waals surface area contributed by atoms with Crippen LogP contribution in [-0.2, 0) is 23.6 Å². The Kier molecular flexibility index (Phi) is 4.94. The highest BCUT2D eigenvalue weighted by atomic mass is 31.2. The van der Waals surface area contributed by atoms with Gasteiger partial charge in [0.15, 0.2) is 0 Å². The largest absolute Gasteiger partial charge is 0.330 e. The van der Waals surface area contributed by atoms with Crippen LogP contribution in [0, 0.1) is 5.82 Å². The van der Waals surface area contributed by atoms with Crippen LogP contribution in [0.2, 0.25) is 0 Å². The minimum atomic E-state index is -4.27. The maximum absolute atomic E-state index is 13.6. The van der Waals surface area contributed by atoms with Crippen molar-refractivity contribution in [3.8, 4) is 0 Å². The second-order valence-corrected chi connectivity index (χ2v) is 6.74. The summed E-state index contributed by atoms with van der Waals surface area (Å²) >= 11 is 0. The van der Waals surface area contributed by atoms with E-state index in [1.807, 2.05) is 12.1 Å². The van der Waals surface area contributed by atoms with E-state index in [9.17, 15) is 8.96 Å². The molecule has 5 heteroatoms. The molecule has 0 fully saturated rings. The molecule has 2 aromatic rings. The molecule has 112 valence electrons. The van der Waals surface area contributed by atoms with Crippen LogP contribution in [-0.4, -0.2) is 9.79 Å². The Morgan fingerprint density at radius 2 is 1.57 bits per heavy atom. The molecule has 0 atom stereocenters. The minimum absolute atomic E-state index is 0.0611. The number of hydrogen-bond donors (Lipinski definition) is 2. The fraction of sp³-hybridized carbons (Fsp3) is 0.250. The van der Waals surface area contributed by atoms with Crippen molar-refractivity contribution in [1.29, 1.82) is 0 Å². The predicted molar refractivity (Wildman–Crippen MR) is 80.8 cm³/mol. The van der Waals surface area contributed by atoms with Crippen molar-refractivity contribution in [3.63, 3.8) is 0 Å². The molecule has 21 heavy (non-hydrogen) atoms. The maximum atomic E-state index is 13.6. The van der Waals surface area contributed by atoms with E-state index < -0.39 is 19.6 Å². The first kappa shape index (κ1) is 15.9. The van der Waals surface area contributed by atoms with Crippen molar-refractivity contribution in [3.05, 3.63) is 70.5 Å². The highest BCUT2D eigenvalue weighted by Gasteiger charge is 2.17. The van der Waals surface area contributed by atoms with Crippen molar-refractivity contribution in [2.24, 2.45) is 0 Å². The summed E-state index contributed by atoms with van der Waals surface area (Å²) in [5.41, 5.74) is 3.23. The van der Waals surface area contributed by atoms with Gasteiger partial charge in [-0.3, -0.25) is 4.57 Å². The molecule has 0 aliphatic rings. The monoisotopic (exact) mass is 308 g/mol. The molecule has 2 rings (SSSR count). The zero-order chi connectivity index (χ0) is 15.5. The lowest BCUT2D eigenvalue weighted by molar-refractivity contribution is 0.370. The number of aryl methyl sites for hydroxylation is 1. The van der Waals surface area contributed by atoms with E-state index in [0.29, 0.717) is 6.42 Å². The van der Waals surface area contributed by atoms with Crippen molar-refractivity contribution >= 4 is 7.60 Å². The van der Waals surface area contributed by atoms with Crippen LogP contribution in [0.25, 0.3) is 0 Å². The molecule has 0 unspecified atom stereocenters. The Balaban J connectivity index is 2.20. The molecule has 0 bridgehead atoms. The molecule has 0 spiro atoms. The molecule has 0 saturated carbocycles. The van der Waals surface area contributed by atoms with E-state index in [1.165, 1.54) is 17.7 Å². The van der Waals surface area contributed by atoms with Gasteiger partial charge in [-0.1, -0.05) is 43.3 Å². The third-order valence-electron chi connectivity index (χ3n) is 3.33. The smallest absolute Gasteiger partial charge is 0.324 e. The molecular formula is C16H18FO3P.